The van der Waals surface area contributed by atoms with Crippen LogP contribution in [0.2, 0.25) is 0 Å². The average Bonchev–Trinajstić information content (AvgIpc) is 2.38. The first kappa shape index (κ1) is 16.8. The van der Waals surface area contributed by atoms with Crippen molar-refractivity contribution in [2.45, 2.75) is 33.6 Å². The molecule has 1 aliphatic heterocycles. The second kappa shape index (κ2) is 6.44. The minimum atomic E-state index is 0. The smallest absolute Gasteiger partial charge is 0.272 e. The van der Waals surface area contributed by atoms with Crippen molar-refractivity contribution in [3.63, 3.8) is 0 Å². The van der Waals surface area contributed by atoms with Gasteiger partial charge in [-0.25, -0.2) is 4.98 Å². The molecule has 0 atom stereocenters. The van der Waals surface area contributed by atoms with Crippen LogP contribution in [0.25, 0.3) is 0 Å². The summed E-state index contributed by atoms with van der Waals surface area (Å²) in [6.07, 6.45) is 3.68. The molecule has 0 radical (unpaired) electrons. The third-order valence-electron chi connectivity index (χ3n) is 4.01. The minimum absolute atomic E-state index is 0. The highest BCUT2D eigenvalue weighted by molar-refractivity contribution is 5.92. The lowest BCUT2D eigenvalue weighted by atomic mass is 9.75. The Hall–Kier alpha value is -1.29. The molecular weight excluding hydrogens is 274 g/mol. The summed E-state index contributed by atoms with van der Waals surface area (Å²) in [7, 11) is 0. The summed E-state index contributed by atoms with van der Waals surface area (Å²) in [6, 6.07) is 3.43. The number of rotatable bonds is 1. The van der Waals surface area contributed by atoms with Gasteiger partial charge in [0.2, 0.25) is 0 Å². The van der Waals surface area contributed by atoms with Gasteiger partial charge >= 0.3 is 0 Å². The van der Waals surface area contributed by atoms with E-state index in [0.29, 0.717) is 22.7 Å². The van der Waals surface area contributed by atoms with Gasteiger partial charge in [0, 0.05) is 13.1 Å². The zero-order chi connectivity index (χ0) is 14.0. The number of nitrogen functional groups attached to an aromatic ring is 1. The molecule has 0 aromatic carbocycles. The van der Waals surface area contributed by atoms with Crippen LogP contribution in [0.3, 0.4) is 0 Å². The SMILES string of the molecule is CC(C)(C)C1CCN(C(=O)c2ccc(N)cn2)CC1.Cl. The highest BCUT2D eigenvalue weighted by atomic mass is 35.5. The summed E-state index contributed by atoms with van der Waals surface area (Å²) in [6.45, 7) is 8.48. The maximum absolute atomic E-state index is 12.3. The van der Waals surface area contributed by atoms with Crippen LogP contribution in [0.5, 0.6) is 0 Å². The maximum atomic E-state index is 12.3. The number of pyridine rings is 1. The number of halogens is 1. The second-order valence-electron chi connectivity index (χ2n) is 6.41. The van der Waals surface area contributed by atoms with Gasteiger partial charge in [-0.2, -0.15) is 0 Å². The number of hydrogen-bond donors (Lipinski definition) is 1. The van der Waals surface area contributed by atoms with E-state index in [-0.39, 0.29) is 18.3 Å². The number of nitrogens with two attached hydrogens (primary N) is 1. The van der Waals surface area contributed by atoms with Crippen LogP contribution in [0.1, 0.15) is 44.1 Å². The molecule has 1 aromatic heterocycles. The van der Waals surface area contributed by atoms with E-state index in [9.17, 15) is 4.79 Å². The predicted molar refractivity (Wildman–Crippen MR) is 84.0 cm³/mol. The molecule has 1 aliphatic rings. The van der Waals surface area contributed by atoms with Gasteiger partial charge in [0.25, 0.3) is 5.91 Å². The maximum Gasteiger partial charge on any atom is 0.272 e. The molecule has 0 saturated carbocycles. The quantitative estimate of drug-likeness (QED) is 0.867. The Kier molecular flexibility index (Phi) is 5.40. The van der Waals surface area contributed by atoms with E-state index >= 15 is 0 Å². The summed E-state index contributed by atoms with van der Waals surface area (Å²) in [5.41, 5.74) is 6.99. The van der Waals surface area contributed by atoms with Gasteiger partial charge in [0.05, 0.1) is 11.9 Å². The lowest BCUT2D eigenvalue weighted by Crippen LogP contribution is -2.41. The molecule has 20 heavy (non-hydrogen) atoms. The Morgan fingerprint density at radius 3 is 2.35 bits per heavy atom. The molecule has 1 amide bonds. The number of nitrogens with zero attached hydrogens (tertiary/aromatic N) is 2. The monoisotopic (exact) mass is 297 g/mol. The van der Waals surface area contributed by atoms with Crippen LogP contribution >= 0.6 is 12.4 Å². The van der Waals surface area contributed by atoms with Crippen molar-refractivity contribution in [2.75, 3.05) is 18.8 Å². The Morgan fingerprint density at radius 2 is 1.90 bits per heavy atom. The molecular formula is C15H24ClN3O. The third kappa shape index (κ3) is 3.85. The summed E-state index contributed by atoms with van der Waals surface area (Å²) in [5, 5.41) is 0. The van der Waals surface area contributed by atoms with E-state index in [1.807, 2.05) is 4.90 Å². The van der Waals surface area contributed by atoms with Crippen LogP contribution in [0, 0.1) is 11.3 Å². The van der Waals surface area contributed by atoms with Crippen LogP contribution in [-0.2, 0) is 0 Å². The fourth-order valence-corrected chi connectivity index (χ4v) is 2.64. The summed E-state index contributed by atoms with van der Waals surface area (Å²) in [4.78, 5) is 18.3. The van der Waals surface area contributed by atoms with Crippen LogP contribution in [-0.4, -0.2) is 28.9 Å². The fourth-order valence-electron chi connectivity index (χ4n) is 2.64. The topological polar surface area (TPSA) is 59.2 Å². The number of aromatic nitrogens is 1. The van der Waals surface area contributed by atoms with Crippen LogP contribution in [0.15, 0.2) is 18.3 Å². The molecule has 1 aromatic rings. The summed E-state index contributed by atoms with van der Waals surface area (Å²) >= 11 is 0. The third-order valence-corrected chi connectivity index (χ3v) is 4.01. The second-order valence-corrected chi connectivity index (χ2v) is 6.41. The molecule has 4 nitrogen and oxygen atoms in total. The highest BCUT2D eigenvalue weighted by Crippen LogP contribution is 2.34. The Balaban J connectivity index is 0.00000200. The zero-order valence-electron chi connectivity index (χ0n) is 12.4. The van der Waals surface area contributed by atoms with Crippen molar-refractivity contribution >= 4 is 24.0 Å². The Labute approximate surface area is 127 Å². The van der Waals surface area contributed by atoms with Crippen molar-refractivity contribution in [3.8, 4) is 0 Å². The van der Waals surface area contributed by atoms with Gasteiger partial charge in [-0.3, -0.25) is 4.79 Å². The molecule has 1 saturated heterocycles. The van der Waals surface area contributed by atoms with Crippen molar-refractivity contribution in [1.82, 2.24) is 9.88 Å². The molecule has 112 valence electrons. The van der Waals surface area contributed by atoms with Crippen molar-refractivity contribution in [2.24, 2.45) is 11.3 Å². The first-order valence-corrected chi connectivity index (χ1v) is 6.89. The highest BCUT2D eigenvalue weighted by Gasteiger charge is 2.30. The van der Waals surface area contributed by atoms with Crippen LogP contribution in [0.4, 0.5) is 5.69 Å². The molecule has 0 unspecified atom stereocenters. The molecule has 0 aliphatic carbocycles. The number of piperidine rings is 1. The van der Waals surface area contributed by atoms with E-state index in [1.165, 1.54) is 6.20 Å². The molecule has 2 N–H and O–H groups in total. The number of likely N-dealkylation sites (tertiary alicyclic amines) is 1. The predicted octanol–water partition coefficient (Wildman–Crippen LogP) is 2.98. The number of anilines is 1. The van der Waals surface area contributed by atoms with Crippen molar-refractivity contribution in [3.05, 3.63) is 24.0 Å². The molecule has 1 fully saturated rings. The van der Waals surface area contributed by atoms with Gasteiger partial charge in [0.1, 0.15) is 5.69 Å². The largest absolute Gasteiger partial charge is 0.397 e. The van der Waals surface area contributed by atoms with E-state index in [4.69, 9.17) is 5.73 Å². The average molecular weight is 298 g/mol. The van der Waals surface area contributed by atoms with Gasteiger partial charge in [-0.15, -0.1) is 12.4 Å². The first-order chi connectivity index (χ1) is 8.88. The van der Waals surface area contributed by atoms with E-state index in [2.05, 4.69) is 25.8 Å². The molecule has 0 bridgehead atoms. The Bertz CT molecular complexity index is 445. The first-order valence-electron chi connectivity index (χ1n) is 6.89. The van der Waals surface area contributed by atoms with Crippen LogP contribution < -0.4 is 5.73 Å². The van der Waals surface area contributed by atoms with E-state index in [1.54, 1.807) is 12.1 Å². The summed E-state index contributed by atoms with van der Waals surface area (Å²) in [5.74, 6) is 0.711. The van der Waals surface area contributed by atoms with Crippen molar-refractivity contribution < 1.29 is 4.79 Å². The number of hydrogen-bond acceptors (Lipinski definition) is 3. The van der Waals surface area contributed by atoms with Crippen molar-refractivity contribution in [1.29, 1.82) is 0 Å². The molecule has 2 heterocycles. The number of carbonyl (C=O) groups excluding carboxylic acids is 1. The summed E-state index contributed by atoms with van der Waals surface area (Å²) < 4.78 is 0. The number of amides is 1. The standard InChI is InChI=1S/C15H23N3O.ClH/c1-15(2,3)11-6-8-18(9-7-11)14(19)13-5-4-12(16)10-17-13;/h4-5,10-11H,6-9,16H2,1-3H3;1H. The van der Waals surface area contributed by atoms with Gasteiger partial charge in [0.15, 0.2) is 0 Å². The Morgan fingerprint density at radius 1 is 1.30 bits per heavy atom. The molecule has 0 spiro atoms. The molecule has 5 heteroatoms. The zero-order valence-corrected chi connectivity index (χ0v) is 13.2. The van der Waals surface area contributed by atoms with E-state index < -0.39 is 0 Å². The lowest BCUT2D eigenvalue weighted by Gasteiger charge is -2.38. The van der Waals surface area contributed by atoms with Gasteiger partial charge < -0.3 is 10.6 Å². The van der Waals surface area contributed by atoms with E-state index in [0.717, 1.165) is 25.9 Å². The fraction of sp³-hybridized carbons (Fsp3) is 0.600. The molecule has 2 rings (SSSR count). The lowest BCUT2D eigenvalue weighted by molar-refractivity contribution is 0.0603. The number of carbonyl (C=O) groups is 1. The normalized spacial score (nSPS) is 16.6. The van der Waals surface area contributed by atoms with Gasteiger partial charge in [-0.1, -0.05) is 20.8 Å². The minimum Gasteiger partial charge on any atom is -0.397 e. The van der Waals surface area contributed by atoms with Gasteiger partial charge in [-0.05, 0) is 36.3 Å².